The first-order valence-corrected chi connectivity index (χ1v) is 9.22. The summed E-state index contributed by atoms with van der Waals surface area (Å²) >= 11 is 0. The van der Waals surface area contributed by atoms with Crippen LogP contribution in [0.25, 0.3) is 11.3 Å². The third-order valence-corrected chi connectivity index (χ3v) is 4.15. The van der Waals surface area contributed by atoms with Crippen LogP contribution >= 0.6 is 0 Å². The molecule has 150 valence electrons. The van der Waals surface area contributed by atoms with Crippen LogP contribution in [-0.4, -0.2) is 43.0 Å². The zero-order valence-corrected chi connectivity index (χ0v) is 16.4. The van der Waals surface area contributed by atoms with E-state index in [1.807, 2.05) is 61.5 Å². The Morgan fingerprint density at radius 1 is 0.966 bits per heavy atom. The van der Waals surface area contributed by atoms with E-state index in [4.69, 9.17) is 14.2 Å². The first-order chi connectivity index (χ1) is 14.2. The number of benzene rings is 2. The molecule has 0 radical (unpaired) electrons. The van der Waals surface area contributed by atoms with Crippen LogP contribution in [0.15, 0.2) is 60.7 Å². The number of ether oxygens (including phenoxy) is 3. The van der Waals surface area contributed by atoms with Crippen molar-refractivity contribution >= 4 is 5.91 Å². The van der Waals surface area contributed by atoms with Crippen molar-refractivity contribution < 1.29 is 19.0 Å². The Labute approximate surface area is 169 Å². The second-order valence-electron chi connectivity index (χ2n) is 6.24. The molecule has 1 amide bonds. The summed E-state index contributed by atoms with van der Waals surface area (Å²) in [7, 11) is 1.63. The zero-order valence-electron chi connectivity index (χ0n) is 16.4. The number of aryl methyl sites for hydroxylation is 1. The van der Waals surface area contributed by atoms with Crippen LogP contribution in [0, 0.1) is 6.92 Å². The fourth-order valence-electron chi connectivity index (χ4n) is 2.57. The molecule has 0 unspecified atom stereocenters. The van der Waals surface area contributed by atoms with Gasteiger partial charge in [0.25, 0.3) is 5.91 Å². The Morgan fingerprint density at radius 3 is 2.45 bits per heavy atom. The number of amides is 1. The van der Waals surface area contributed by atoms with E-state index in [1.165, 1.54) is 0 Å². The highest BCUT2D eigenvalue weighted by Crippen LogP contribution is 2.21. The summed E-state index contributed by atoms with van der Waals surface area (Å²) in [4.78, 5) is 11.9. The van der Waals surface area contributed by atoms with Gasteiger partial charge in [0.15, 0.2) is 6.61 Å². The summed E-state index contributed by atoms with van der Waals surface area (Å²) in [5, 5.41) is 11.0. The summed E-state index contributed by atoms with van der Waals surface area (Å²) < 4.78 is 16.2. The molecule has 3 rings (SSSR count). The highest BCUT2D eigenvalue weighted by atomic mass is 16.5. The Hall–Kier alpha value is -3.61. The Morgan fingerprint density at radius 2 is 1.76 bits per heavy atom. The lowest BCUT2D eigenvalue weighted by molar-refractivity contribution is -0.123. The number of carbonyl (C=O) groups is 1. The maximum absolute atomic E-state index is 11.9. The van der Waals surface area contributed by atoms with Crippen molar-refractivity contribution in [3.05, 3.63) is 66.2 Å². The van der Waals surface area contributed by atoms with Gasteiger partial charge in [-0.15, -0.1) is 10.2 Å². The maximum Gasteiger partial charge on any atom is 0.258 e. The average molecular weight is 393 g/mol. The normalized spacial score (nSPS) is 10.3. The number of carbonyl (C=O) groups excluding carboxylic acids is 1. The van der Waals surface area contributed by atoms with Gasteiger partial charge in [-0.05, 0) is 48.9 Å². The standard InChI is InChI=1S/C22H23N3O4/c1-16-5-3-4-6-20(16)29-15-21(26)23-13-14-28-22-12-11-19(24-25-22)17-7-9-18(27-2)10-8-17/h3-12H,13-15H2,1-2H3,(H,23,26). The molecule has 1 aromatic heterocycles. The van der Waals surface area contributed by atoms with E-state index >= 15 is 0 Å². The summed E-state index contributed by atoms with van der Waals surface area (Å²) in [5.41, 5.74) is 2.66. The van der Waals surface area contributed by atoms with Gasteiger partial charge in [0.2, 0.25) is 5.88 Å². The third kappa shape index (κ3) is 5.93. The van der Waals surface area contributed by atoms with E-state index in [-0.39, 0.29) is 19.1 Å². The molecule has 7 nitrogen and oxygen atoms in total. The van der Waals surface area contributed by atoms with Gasteiger partial charge in [0.1, 0.15) is 18.1 Å². The lowest BCUT2D eigenvalue weighted by Crippen LogP contribution is -2.32. The predicted molar refractivity (Wildman–Crippen MR) is 109 cm³/mol. The fourth-order valence-corrected chi connectivity index (χ4v) is 2.57. The molecule has 0 aliphatic rings. The quantitative estimate of drug-likeness (QED) is 0.563. The maximum atomic E-state index is 11.9. The first-order valence-electron chi connectivity index (χ1n) is 9.22. The number of rotatable bonds is 9. The molecule has 0 aliphatic heterocycles. The molecule has 0 fully saturated rings. The average Bonchev–Trinajstić information content (AvgIpc) is 2.77. The highest BCUT2D eigenvalue weighted by Gasteiger charge is 2.05. The molecular formula is C22H23N3O4. The third-order valence-electron chi connectivity index (χ3n) is 4.15. The SMILES string of the molecule is COc1ccc(-c2ccc(OCCNC(=O)COc3ccccc3C)nn2)cc1. The van der Waals surface area contributed by atoms with Crippen LogP contribution in [0.5, 0.6) is 17.4 Å². The van der Waals surface area contributed by atoms with Gasteiger partial charge in [0.05, 0.1) is 19.3 Å². The molecule has 2 aromatic carbocycles. The molecule has 29 heavy (non-hydrogen) atoms. The van der Waals surface area contributed by atoms with E-state index in [0.717, 1.165) is 22.6 Å². The van der Waals surface area contributed by atoms with Crippen LogP contribution in [0.3, 0.4) is 0 Å². The van der Waals surface area contributed by atoms with E-state index in [1.54, 1.807) is 13.2 Å². The second-order valence-corrected chi connectivity index (χ2v) is 6.24. The minimum Gasteiger partial charge on any atom is -0.497 e. The Balaban J connectivity index is 1.39. The molecule has 0 aliphatic carbocycles. The largest absolute Gasteiger partial charge is 0.497 e. The summed E-state index contributed by atoms with van der Waals surface area (Å²) in [6, 6.07) is 18.7. The summed E-state index contributed by atoms with van der Waals surface area (Å²) in [6.45, 7) is 2.52. The first kappa shape index (κ1) is 20.1. The zero-order chi connectivity index (χ0) is 20.5. The number of hydrogen-bond donors (Lipinski definition) is 1. The van der Waals surface area contributed by atoms with Crippen molar-refractivity contribution in [3.63, 3.8) is 0 Å². The van der Waals surface area contributed by atoms with Crippen molar-refractivity contribution in [2.75, 3.05) is 26.9 Å². The van der Waals surface area contributed by atoms with Crippen LogP contribution in [-0.2, 0) is 4.79 Å². The van der Waals surface area contributed by atoms with Gasteiger partial charge in [-0.1, -0.05) is 18.2 Å². The van der Waals surface area contributed by atoms with E-state index in [2.05, 4.69) is 15.5 Å². The fraction of sp³-hybridized carbons (Fsp3) is 0.227. The molecule has 3 aromatic rings. The molecule has 1 heterocycles. The van der Waals surface area contributed by atoms with Crippen molar-refractivity contribution in [2.45, 2.75) is 6.92 Å². The number of nitrogens with zero attached hydrogens (tertiary/aromatic N) is 2. The number of aromatic nitrogens is 2. The summed E-state index contributed by atoms with van der Waals surface area (Å²) in [5.74, 6) is 1.67. The topological polar surface area (TPSA) is 82.6 Å². The lowest BCUT2D eigenvalue weighted by atomic mass is 10.1. The number of nitrogens with one attached hydrogen (secondary N) is 1. The van der Waals surface area contributed by atoms with Gasteiger partial charge < -0.3 is 19.5 Å². The van der Waals surface area contributed by atoms with Gasteiger partial charge in [0, 0.05) is 11.6 Å². The molecule has 0 saturated carbocycles. The van der Waals surface area contributed by atoms with Crippen LogP contribution < -0.4 is 19.5 Å². The minimum absolute atomic E-state index is 0.0405. The molecule has 0 bridgehead atoms. The van der Waals surface area contributed by atoms with Crippen molar-refractivity contribution in [3.8, 4) is 28.6 Å². The van der Waals surface area contributed by atoms with Crippen molar-refractivity contribution in [1.29, 1.82) is 0 Å². The Kier molecular flexibility index (Phi) is 7.00. The van der Waals surface area contributed by atoms with Crippen LogP contribution in [0.2, 0.25) is 0 Å². The number of methoxy groups -OCH3 is 1. The predicted octanol–water partition coefficient (Wildman–Crippen LogP) is 3.03. The summed E-state index contributed by atoms with van der Waals surface area (Å²) in [6.07, 6.45) is 0. The van der Waals surface area contributed by atoms with Gasteiger partial charge in [-0.3, -0.25) is 4.79 Å². The molecule has 7 heteroatoms. The molecule has 0 atom stereocenters. The molecule has 0 spiro atoms. The second kappa shape index (κ2) is 10.1. The van der Waals surface area contributed by atoms with Crippen molar-refractivity contribution in [1.82, 2.24) is 15.5 Å². The van der Waals surface area contributed by atoms with Gasteiger partial charge >= 0.3 is 0 Å². The van der Waals surface area contributed by atoms with Gasteiger partial charge in [-0.25, -0.2) is 0 Å². The van der Waals surface area contributed by atoms with Crippen LogP contribution in [0.4, 0.5) is 0 Å². The van der Waals surface area contributed by atoms with Crippen LogP contribution in [0.1, 0.15) is 5.56 Å². The Bertz CT molecular complexity index is 928. The van der Waals surface area contributed by atoms with Crippen molar-refractivity contribution in [2.24, 2.45) is 0 Å². The smallest absolute Gasteiger partial charge is 0.258 e. The monoisotopic (exact) mass is 393 g/mol. The molecule has 0 saturated heterocycles. The number of hydrogen-bond acceptors (Lipinski definition) is 6. The molecule has 1 N–H and O–H groups in total. The number of para-hydroxylation sites is 1. The van der Waals surface area contributed by atoms with Gasteiger partial charge in [-0.2, -0.15) is 0 Å². The lowest BCUT2D eigenvalue weighted by Gasteiger charge is -2.10. The van der Waals surface area contributed by atoms with E-state index in [9.17, 15) is 4.79 Å². The van der Waals surface area contributed by atoms with E-state index in [0.29, 0.717) is 18.2 Å². The van der Waals surface area contributed by atoms with E-state index < -0.39 is 0 Å². The molecular weight excluding hydrogens is 370 g/mol. The minimum atomic E-state index is -0.210. The highest BCUT2D eigenvalue weighted by molar-refractivity contribution is 5.77.